The monoisotopic (exact) mass is 1010 g/mol. The fourth-order valence-corrected chi connectivity index (χ4v) is 14.7. The van der Waals surface area contributed by atoms with Gasteiger partial charge in [-0.2, -0.15) is 0 Å². The Balaban J connectivity index is 0.905. The van der Waals surface area contributed by atoms with Gasteiger partial charge in [0.15, 0.2) is 5.58 Å². The van der Waals surface area contributed by atoms with Gasteiger partial charge in [-0.3, -0.25) is 0 Å². The van der Waals surface area contributed by atoms with Crippen LogP contribution in [0.15, 0.2) is 290 Å². The second-order valence-corrected chi connectivity index (χ2v) is 21.9. The van der Waals surface area contributed by atoms with Gasteiger partial charge in [0.1, 0.15) is 5.52 Å². The Morgan fingerprint density at radius 1 is 0.295 bits per heavy atom. The molecule has 0 spiro atoms. The highest BCUT2D eigenvalue weighted by Crippen LogP contribution is 2.59. The second-order valence-electron chi connectivity index (χ2n) is 20.9. The third-order valence-electron chi connectivity index (χ3n) is 16.9. The van der Waals surface area contributed by atoms with Crippen LogP contribution in [0.1, 0.15) is 44.5 Å². The van der Waals surface area contributed by atoms with Gasteiger partial charge in [-0.15, -0.1) is 11.3 Å². The Kier molecular flexibility index (Phi) is 9.97. The van der Waals surface area contributed by atoms with Crippen molar-refractivity contribution in [3.63, 3.8) is 0 Å². The molecule has 0 atom stereocenters. The van der Waals surface area contributed by atoms with Crippen LogP contribution >= 0.6 is 11.3 Å². The topological polar surface area (TPSA) is 26.0 Å². The van der Waals surface area contributed by atoms with Crippen LogP contribution in [0, 0.1) is 0 Å². The van der Waals surface area contributed by atoms with Gasteiger partial charge in [-0.05, 0) is 155 Å². The van der Waals surface area contributed by atoms with Gasteiger partial charge < -0.3 is 4.42 Å². The number of oxazole rings is 1. The van der Waals surface area contributed by atoms with E-state index in [2.05, 4.69) is 261 Å². The van der Waals surface area contributed by atoms with E-state index in [0.29, 0.717) is 5.89 Å². The van der Waals surface area contributed by atoms with E-state index >= 15 is 0 Å². The average Bonchev–Trinajstić information content (AvgIpc) is 4.45. The zero-order valence-corrected chi connectivity index (χ0v) is 43.2. The van der Waals surface area contributed by atoms with Crippen molar-refractivity contribution in [3.05, 3.63) is 330 Å². The summed E-state index contributed by atoms with van der Waals surface area (Å²) in [6.07, 6.45) is 0. The molecular weight excluding hydrogens is 963 g/mol. The van der Waals surface area contributed by atoms with Crippen molar-refractivity contribution in [1.82, 2.24) is 4.98 Å². The van der Waals surface area contributed by atoms with Crippen LogP contribution in [-0.4, -0.2) is 4.98 Å². The van der Waals surface area contributed by atoms with Crippen LogP contribution in [0.2, 0.25) is 0 Å². The molecule has 0 unspecified atom stereocenters. The summed E-state index contributed by atoms with van der Waals surface area (Å²) < 4.78 is 8.77. The van der Waals surface area contributed by atoms with Crippen LogP contribution in [0.25, 0.3) is 98.4 Å². The lowest BCUT2D eigenvalue weighted by Gasteiger charge is -2.34. The molecule has 0 saturated heterocycles. The zero-order chi connectivity index (χ0) is 51.4. The van der Waals surface area contributed by atoms with E-state index in [0.717, 1.165) is 22.2 Å². The minimum Gasteiger partial charge on any atom is -0.436 e. The van der Waals surface area contributed by atoms with E-state index in [9.17, 15) is 0 Å². The number of fused-ring (bicyclic) bond motifs is 10. The first kappa shape index (κ1) is 44.6. The zero-order valence-electron chi connectivity index (χ0n) is 42.4. The molecule has 2 heterocycles. The second kappa shape index (κ2) is 17.4. The molecule has 0 bridgehead atoms. The Morgan fingerprint density at radius 2 is 0.718 bits per heavy atom. The molecule has 0 saturated carbocycles. The van der Waals surface area contributed by atoms with Crippen LogP contribution in [0.4, 0.5) is 0 Å². The van der Waals surface area contributed by atoms with E-state index in [4.69, 9.17) is 9.40 Å². The maximum Gasteiger partial charge on any atom is 0.227 e. The molecule has 3 heteroatoms. The summed E-state index contributed by atoms with van der Waals surface area (Å²) in [4.78, 5) is 4.85. The van der Waals surface area contributed by atoms with Gasteiger partial charge in [-0.1, -0.05) is 224 Å². The molecule has 12 aromatic carbocycles. The summed E-state index contributed by atoms with van der Waals surface area (Å²) in [6.45, 7) is 0. The van der Waals surface area contributed by atoms with E-state index < -0.39 is 10.8 Å². The van der Waals surface area contributed by atoms with E-state index in [1.165, 1.54) is 115 Å². The lowest BCUT2D eigenvalue weighted by molar-refractivity contribution is 0.620. The largest absolute Gasteiger partial charge is 0.436 e. The number of benzene rings is 12. The Hall–Kier alpha value is -9.67. The smallest absolute Gasteiger partial charge is 0.227 e. The van der Waals surface area contributed by atoms with Crippen LogP contribution in [0.3, 0.4) is 0 Å². The molecule has 16 rings (SSSR count). The van der Waals surface area contributed by atoms with Gasteiger partial charge in [-0.25, -0.2) is 4.98 Å². The summed E-state index contributed by atoms with van der Waals surface area (Å²) in [6, 6.07) is 106. The fourth-order valence-electron chi connectivity index (χ4n) is 13.5. The van der Waals surface area contributed by atoms with Crippen LogP contribution < -0.4 is 0 Å². The molecule has 364 valence electrons. The highest BCUT2D eigenvalue weighted by atomic mass is 32.1. The maximum atomic E-state index is 6.26. The van der Waals surface area contributed by atoms with Gasteiger partial charge in [0, 0.05) is 31.3 Å². The van der Waals surface area contributed by atoms with Crippen molar-refractivity contribution in [2.45, 2.75) is 10.8 Å². The first-order valence-electron chi connectivity index (χ1n) is 26.8. The van der Waals surface area contributed by atoms with Gasteiger partial charge in [0.2, 0.25) is 5.89 Å². The summed E-state index contributed by atoms with van der Waals surface area (Å²) in [7, 11) is 0. The molecular formula is C75H47NOS. The van der Waals surface area contributed by atoms with Crippen LogP contribution in [0.5, 0.6) is 0 Å². The summed E-state index contributed by atoms with van der Waals surface area (Å²) in [5.41, 5.74) is 24.0. The number of thiophene rings is 1. The summed E-state index contributed by atoms with van der Waals surface area (Å²) in [5, 5.41) is 2.49. The van der Waals surface area contributed by atoms with Crippen molar-refractivity contribution in [1.29, 1.82) is 0 Å². The normalized spacial score (nSPS) is 13.6. The molecule has 2 nitrogen and oxygen atoms in total. The van der Waals surface area contributed by atoms with E-state index in [-0.39, 0.29) is 0 Å². The SMILES string of the molecule is c1ccc(C2(c3ccccc3)c3ccccc3-c3ccc(-c4ccc5sc6c(-c7ccc(-c8nc9ccccc9o8)cc7)cc(-c7ccc8c(c7)C(c7ccccc7)(c7ccccc7)c7ccccc7-8)cc6c5c4)cc32)cc1. The van der Waals surface area contributed by atoms with Crippen molar-refractivity contribution < 1.29 is 4.42 Å². The standard InChI is InChI=1S/C75H47NOS/c1-5-19-54(20-6-1)74(55-21-7-2-8-22-55)65-29-15-13-27-58(65)60-40-37-51(46-67(60)74)50-39-42-71-63(43-50)64-45-53(44-62(72(64)78-71)48-33-35-49(36-34-48)73-76-69-31-17-18-32-70(69)77-73)52-38-41-61-59-28-14-16-30-66(59)75(68(61)47-52,56-23-9-3-10-24-56)57-25-11-4-12-26-57/h1-47H. The Labute approximate surface area is 456 Å². The highest BCUT2D eigenvalue weighted by molar-refractivity contribution is 7.26. The highest BCUT2D eigenvalue weighted by Gasteiger charge is 2.47. The Morgan fingerprint density at radius 3 is 1.27 bits per heavy atom. The first-order chi connectivity index (χ1) is 38.6. The average molecular weight is 1010 g/mol. The fraction of sp³-hybridized carbons (Fsp3) is 0.0267. The predicted octanol–water partition coefficient (Wildman–Crippen LogP) is 19.6. The number of hydrogen-bond acceptors (Lipinski definition) is 3. The lowest BCUT2D eigenvalue weighted by atomic mass is 9.67. The van der Waals surface area contributed by atoms with Crippen molar-refractivity contribution in [2.24, 2.45) is 0 Å². The Bertz CT molecular complexity index is 4540. The molecule has 0 N–H and O–H groups in total. The lowest BCUT2D eigenvalue weighted by Crippen LogP contribution is -2.28. The molecule has 2 aliphatic carbocycles. The van der Waals surface area contributed by atoms with Gasteiger partial charge in [0.05, 0.1) is 10.8 Å². The quantitative estimate of drug-likeness (QED) is 0.152. The van der Waals surface area contributed by atoms with Crippen molar-refractivity contribution >= 4 is 42.6 Å². The van der Waals surface area contributed by atoms with E-state index in [1.54, 1.807) is 0 Å². The van der Waals surface area contributed by atoms with Crippen molar-refractivity contribution in [2.75, 3.05) is 0 Å². The maximum absolute atomic E-state index is 6.26. The van der Waals surface area contributed by atoms with Crippen LogP contribution in [-0.2, 0) is 10.8 Å². The first-order valence-corrected chi connectivity index (χ1v) is 27.6. The minimum atomic E-state index is -0.516. The predicted molar refractivity (Wildman–Crippen MR) is 323 cm³/mol. The molecule has 0 amide bonds. The molecule has 2 aromatic heterocycles. The third kappa shape index (κ3) is 6.52. The number of para-hydroxylation sites is 2. The molecule has 0 radical (unpaired) electrons. The number of hydrogen-bond donors (Lipinski definition) is 0. The molecule has 14 aromatic rings. The number of aromatic nitrogens is 1. The van der Waals surface area contributed by atoms with E-state index in [1.807, 2.05) is 35.6 Å². The van der Waals surface area contributed by atoms with Gasteiger partial charge in [0.25, 0.3) is 0 Å². The summed E-state index contributed by atoms with van der Waals surface area (Å²) in [5.74, 6) is 0.621. The number of nitrogens with zero attached hydrogens (tertiary/aromatic N) is 1. The number of rotatable bonds is 8. The molecule has 2 aliphatic rings. The minimum absolute atomic E-state index is 0.487. The van der Waals surface area contributed by atoms with Crippen molar-refractivity contribution in [3.8, 4) is 67.1 Å². The summed E-state index contributed by atoms with van der Waals surface area (Å²) >= 11 is 1.88. The third-order valence-corrected chi connectivity index (χ3v) is 18.1. The molecule has 0 aliphatic heterocycles. The molecule has 0 fully saturated rings. The molecule has 78 heavy (non-hydrogen) atoms. The van der Waals surface area contributed by atoms with Gasteiger partial charge >= 0.3 is 0 Å².